The van der Waals surface area contributed by atoms with Crippen molar-refractivity contribution in [3.05, 3.63) is 58.0 Å². The number of hydrogen-bond donors (Lipinski definition) is 0. The zero-order valence-electron chi connectivity index (χ0n) is 12.7. The van der Waals surface area contributed by atoms with Crippen molar-refractivity contribution in [1.29, 1.82) is 0 Å². The normalized spacial score (nSPS) is 13.9. The van der Waals surface area contributed by atoms with Gasteiger partial charge in [-0.3, -0.25) is 14.4 Å². The molecule has 0 spiro atoms. The minimum Gasteiger partial charge on any atom is -0.491 e. The number of benzene rings is 1. The quantitative estimate of drug-likeness (QED) is 0.483. The van der Waals surface area contributed by atoms with Crippen molar-refractivity contribution in [3.8, 4) is 5.75 Å². The summed E-state index contributed by atoms with van der Waals surface area (Å²) in [6, 6.07) is 1.48. The van der Waals surface area contributed by atoms with Crippen LogP contribution in [0.15, 0.2) is 28.3 Å². The molecule has 0 fully saturated rings. The van der Waals surface area contributed by atoms with E-state index in [1.807, 2.05) is 0 Å². The van der Waals surface area contributed by atoms with Gasteiger partial charge in [0, 0.05) is 5.56 Å². The van der Waals surface area contributed by atoms with E-state index in [0.29, 0.717) is 0 Å². The van der Waals surface area contributed by atoms with Crippen LogP contribution in [-0.4, -0.2) is 40.2 Å². The third-order valence-corrected chi connectivity index (χ3v) is 3.71. The monoisotopic (exact) mass is 338 g/mol. The van der Waals surface area contributed by atoms with Crippen LogP contribution in [0.1, 0.15) is 32.0 Å². The maximum atomic E-state index is 13.8. The fourth-order valence-corrected chi connectivity index (χ4v) is 2.47. The van der Waals surface area contributed by atoms with Gasteiger partial charge in [0.25, 0.3) is 0 Å². The lowest BCUT2D eigenvalue weighted by molar-refractivity contribution is -0.111. The molecule has 25 heavy (non-hydrogen) atoms. The Balaban J connectivity index is 2.15. The van der Waals surface area contributed by atoms with Crippen LogP contribution in [0, 0.1) is 11.6 Å². The minimum absolute atomic E-state index is 0.236. The molecule has 3 rings (SSSR count). The van der Waals surface area contributed by atoms with Crippen molar-refractivity contribution in [2.45, 2.75) is 0 Å². The SMILES string of the molecule is [B]C1=C([B])c2occ(C(=O)c3cc(F)c(OC)c(F)c3)c2C(=O)C1=O. The summed E-state index contributed by atoms with van der Waals surface area (Å²) >= 11 is 0. The first-order chi connectivity index (χ1) is 11.8. The summed E-state index contributed by atoms with van der Waals surface area (Å²) in [5.74, 6) is -6.21. The third kappa shape index (κ3) is 2.43. The summed E-state index contributed by atoms with van der Waals surface area (Å²) in [4.78, 5) is 36.5. The average Bonchev–Trinajstić information content (AvgIpc) is 3.02. The first-order valence-electron chi connectivity index (χ1n) is 6.81. The molecule has 1 aromatic heterocycles. The summed E-state index contributed by atoms with van der Waals surface area (Å²) in [7, 11) is 12.1. The van der Waals surface area contributed by atoms with Gasteiger partial charge in [-0.05, 0) is 17.6 Å². The molecule has 4 radical (unpaired) electrons. The Hall–Kier alpha value is -2.96. The van der Waals surface area contributed by atoms with Crippen molar-refractivity contribution >= 4 is 38.5 Å². The van der Waals surface area contributed by atoms with Crippen molar-refractivity contribution in [1.82, 2.24) is 0 Å². The molecule has 0 N–H and O–H groups in total. The van der Waals surface area contributed by atoms with Gasteiger partial charge in [0.2, 0.25) is 11.6 Å². The predicted octanol–water partition coefficient (Wildman–Crippen LogP) is 1.57. The van der Waals surface area contributed by atoms with Crippen LogP contribution in [0.25, 0.3) is 5.47 Å². The largest absolute Gasteiger partial charge is 0.491 e. The Labute approximate surface area is 142 Å². The van der Waals surface area contributed by atoms with Crippen LogP contribution in [0.3, 0.4) is 0 Å². The zero-order valence-corrected chi connectivity index (χ0v) is 12.7. The lowest BCUT2D eigenvalue weighted by atomic mass is 9.70. The van der Waals surface area contributed by atoms with Crippen LogP contribution < -0.4 is 4.74 Å². The maximum absolute atomic E-state index is 13.8. The van der Waals surface area contributed by atoms with Crippen LogP contribution in [0.4, 0.5) is 8.78 Å². The fraction of sp³-hybridized carbons (Fsp3) is 0.0625. The van der Waals surface area contributed by atoms with Gasteiger partial charge in [0.05, 0.1) is 18.2 Å². The van der Waals surface area contributed by atoms with Crippen molar-refractivity contribution in [2.75, 3.05) is 7.11 Å². The maximum Gasteiger partial charge on any atom is 0.236 e. The van der Waals surface area contributed by atoms with Crippen molar-refractivity contribution in [3.63, 3.8) is 0 Å². The first kappa shape index (κ1) is 16.9. The molecule has 0 unspecified atom stereocenters. The first-order valence-corrected chi connectivity index (χ1v) is 6.81. The number of rotatable bonds is 3. The number of allylic oxidation sites excluding steroid dienone is 1. The molecule has 1 aromatic carbocycles. The Kier molecular flexibility index (Phi) is 3.94. The molecule has 1 heterocycles. The molecule has 0 amide bonds. The zero-order chi connectivity index (χ0) is 18.5. The molecule has 9 heteroatoms. The number of furan rings is 1. The van der Waals surface area contributed by atoms with E-state index in [0.717, 1.165) is 25.5 Å². The molecule has 2 aromatic rings. The van der Waals surface area contributed by atoms with E-state index in [4.69, 9.17) is 20.1 Å². The highest BCUT2D eigenvalue weighted by molar-refractivity contribution is 6.68. The molecule has 0 saturated carbocycles. The van der Waals surface area contributed by atoms with Crippen molar-refractivity contribution in [2.24, 2.45) is 0 Å². The van der Waals surface area contributed by atoms with Gasteiger partial charge in [0.15, 0.2) is 23.2 Å². The Bertz CT molecular complexity index is 967. The summed E-state index contributed by atoms with van der Waals surface area (Å²) < 4.78 is 37.2. The van der Waals surface area contributed by atoms with Crippen LogP contribution in [0.2, 0.25) is 0 Å². The number of ether oxygens (including phenoxy) is 1. The standard InChI is InChI=1S/C16H6B2F2O5/c1-24-15-7(19)2-5(3-8(15)20)12(21)6-4-25-16-9(6)13(22)14(23)10(17)11(16)18/h2-4H,1H3. The number of hydrogen-bond acceptors (Lipinski definition) is 5. The van der Waals surface area contributed by atoms with Crippen LogP contribution in [0.5, 0.6) is 5.75 Å². The van der Waals surface area contributed by atoms with Crippen molar-refractivity contribution < 1.29 is 32.3 Å². The Morgan fingerprint density at radius 3 is 2.24 bits per heavy atom. The number of methoxy groups -OCH3 is 1. The van der Waals surface area contributed by atoms with E-state index < -0.39 is 51.3 Å². The summed E-state index contributed by atoms with van der Waals surface area (Å²) in [6.45, 7) is 0. The molecule has 0 saturated heterocycles. The van der Waals surface area contributed by atoms with Gasteiger partial charge in [-0.15, -0.1) is 0 Å². The molecular weight excluding hydrogens is 332 g/mol. The van der Waals surface area contributed by atoms with Gasteiger partial charge in [-0.1, -0.05) is 5.47 Å². The second kappa shape index (κ2) is 5.84. The van der Waals surface area contributed by atoms with Gasteiger partial charge in [0.1, 0.15) is 27.7 Å². The predicted molar refractivity (Wildman–Crippen MR) is 82.8 cm³/mol. The molecule has 0 bridgehead atoms. The van der Waals surface area contributed by atoms with Gasteiger partial charge in [-0.2, -0.15) is 0 Å². The minimum atomic E-state index is -1.10. The smallest absolute Gasteiger partial charge is 0.236 e. The van der Waals surface area contributed by atoms with E-state index >= 15 is 0 Å². The molecular formula is C16H6B2F2O5. The molecule has 0 atom stereocenters. The van der Waals surface area contributed by atoms with Crippen LogP contribution in [-0.2, 0) is 4.79 Å². The number of fused-ring (bicyclic) bond motifs is 1. The number of Topliss-reactive ketones (excluding diaryl/α,β-unsaturated/α-hetero) is 2. The highest BCUT2D eigenvalue weighted by Crippen LogP contribution is 2.32. The summed E-state index contributed by atoms with van der Waals surface area (Å²) in [6.07, 6.45) is 0.879. The topological polar surface area (TPSA) is 73.6 Å². The summed E-state index contributed by atoms with van der Waals surface area (Å²) in [5.41, 5.74) is -1.93. The van der Waals surface area contributed by atoms with Gasteiger partial charge >= 0.3 is 0 Å². The summed E-state index contributed by atoms with van der Waals surface area (Å²) in [5, 5.41) is 0. The molecule has 1 aliphatic rings. The second-order valence-corrected chi connectivity index (χ2v) is 5.14. The number of carbonyl (C=O) groups is 3. The molecule has 120 valence electrons. The highest BCUT2D eigenvalue weighted by atomic mass is 19.1. The van der Waals surface area contributed by atoms with Crippen LogP contribution >= 0.6 is 0 Å². The van der Waals surface area contributed by atoms with E-state index in [1.165, 1.54) is 0 Å². The molecule has 5 nitrogen and oxygen atoms in total. The number of halogens is 2. The van der Waals surface area contributed by atoms with Gasteiger partial charge in [-0.25, -0.2) is 8.78 Å². The third-order valence-electron chi connectivity index (χ3n) is 3.71. The highest BCUT2D eigenvalue weighted by Gasteiger charge is 2.35. The molecule has 0 aliphatic heterocycles. The Morgan fingerprint density at radius 1 is 1.08 bits per heavy atom. The lowest BCUT2D eigenvalue weighted by Crippen LogP contribution is -2.25. The number of carbonyl (C=O) groups excluding carboxylic acids is 3. The number of ketones is 3. The lowest BCUT2D eigenvalue weighted by Gasteiger charge is -2.13. The van der Waals surface area contributed by atoms with E-state index in [9.17, 15) is 23.2 Å². The van der Waals surface area contributed by atoms with E-state index in [1.54, 1.807) is 0 Å². The van der Waals surface area contributed by atoms with Gasteiger partial charge < -0.3 is 9.15 Å². The second-order valence-electron chi connectivity index (χ2n) is 5.14. The Morgan fingerprint density at radius 2 is 1.68 bits per heavy atom. The fourth-order valence-electron chi connectivity index (χ4n) is 2.47. The van der Waals surface area contributed by atoms with E-state index in [-0.39, 0.29) is 16.8 Å². The van der Waals surface area contributed by atoms with E-state index in [2.05, 4.69) is 4.74 Å². The molecule has 1 aliphatic carbocycles. The average molecular weight is 338 g/mol.